The van der Waals surface area contributed by atoms with Gasteiger partial charge in [0.25, 0.3) is 0 Å². The lowest BCUT2D eigenvalue weighted by Crippen LogP contribution is -2.20. The van der Waals surface area contributed by atoms with Crippen LogP contribution in [0.1, 0.15) is 22.7 Å². The summed E-state index contributed by atoms with van der Waals surface area (Å²) in [4.78, 5) is 0. The summed E-state index contributed by atoms with van der Waals surface area (Å²) in [6.07, 6.45) is 0.492. The van der Waals surface area contributed by atoms with Crippen molar-refractivity contribution in [3.63, 3.8) is 0 Å². The summed E-state index contributed by atoms with van der Waals surface area (Å²) >= 11 is 6.02. The van der Waals surface area contributed by atoms with Gasteiger partial charge >= 0.3 is 0 Å². The highest BCUT2D eigenvalue weighted by molar-refractivity contribution is 6.30. The van der Waals surface area contributed by atoms with Crippen molar-refractivity contribution in [2.45, 2.75) is 19.4 Å². The first-order valence-corrected chi connectivity index (χ1v) is 6.75. The Morgan fingerprint density at radius 3 is 2.35 bits per heavy atom. The predicted molar refractivity (Wildman–Crippen MR) is 78.1 cm³/mol. The van der Waals surface area contributed by atoms with Crippen molar-refractivity contribution in [1.82, 2.24) is 5.32 Å². The number of hydrogen-bond donors (Lipinski definition) is 1. The van der Waals surface area contributed by atoms with Crippen molar-refractivity contribution >= 4 is 11.6 Å². The number of nitrogens with one attached hydrogen (secondary N) is 1. The molecule has 1 nitrogen and oxygen atoms in total. The molecule has 0 heterocycles. The molecular formula is C16H16ClF2N. The van der Waals surface area contributed by atoms with Crippen LogP contribution in [0.15, 0.2) is 36.4 Å². The van der Waals surface area contributed by atoms with Crippen LogP contribution in [0.2, 0.25) is 5.02 Å². The number of benzene rings is 2. The topological polar surface area (TPSA) is 12.0 Å². The number of halogens is 3. The van der Waals surface area contributed by atoms with Gasteiger partial charge in [0.2, 0.25) is 0 Å². The van der Waals surface area contributed by atoms with Crippen LogP contribution in [0.5, 0.6) is 0 Å². The van der Waals surface area contributed by atoms with Crippen molar-refractivity contribution in [1.29, 1.82) is 0 Å². The van der Waals surface area contributed by atoms with Crippen molar-refractivity contribution in [3.8, 4) is 0 Å². The fraction of sp³-hybridized carbons (Fsp3) is 0.250. The summed E-state index contributed by atoms with van der Waals surface area (Å²) in [7, 11) is 1.82. The van der Waals surface area contributed by atoms with E-state index in [0.29, 0.717) is 17.0 Å². The molecule has 0 aliphatic rings. The summed E-state index contributed by atoms with van der Waals surface area (Å²) in [6, 6.07) is 9.19. The molecule has 0 aliphatic carbocycles. The molecule has 0 bridgehead atoms. The van der Waals surface area contributed by atoms with Crippen LogP contribution in [-0.4, -0.2) is 7.05 Å². The van der Waals surface area contributed by atoms with Crippen LogP contribution in [0.4, 0.5) is 8.78 Å². The predicted octanol–water partition coefficient (Wildman–Crippen LogP) is 4.43. The second-order valence-corrected chi connectivity index (χ2v) is 5.26. The van der Waals surface area contributed by atoms with E-state index >= 15 is 0 Å². The Balaban J connectivity index is 2.31. The normalized spacial score (nSPS) is 12.4. The van der Waals surface area contributed by atoms with Gasteiger partial charge in [0.05, 0.1) is 0 Å². The highest BCUT2D eigenvalue weighted by atomic mass is 35.5. The van der Waals surface area contributed by atoms with Gasteiger partial charge in [-0.1, -0.05) is 17.7 Å². The average molecular weight is 296 g/mol. The molecule has 4 heteroatoms. The van der Waals surface area contributed by atoms with E-state index in [1.807, 2.05) is 32.2 Å². The second-order valence-electron chi connectivity index (χ2n) is 4.82. The van der Waals surface area contributed by atoms with Gasteiger partial charge in [0.15, 0.2) is 0 Å². The Morgan fingerprint density at radius 2 is 1.75 bits per heavy atom. The van der Waals surface area contributed by atoms with Crippen molar-refractivity contribution in [3.05, 3.63) is 69.7 Å². The smallest absolute Gasteiger partial charge is 0.126 e. The molecule has 1 N–H and O–H groups in total. The minimum Gasteiger partial charge on any atom is -0.313 e. The summed E-state index contributed by atoms with van der Waals surface area (Å²) in [5, 5.41) is 3.82. The molecule has 0 aliphatic heterocycles. The van der Waals surface area contributed by atoms with Crippen LogP contribution in [0, 0.1) is 18.6 Å². The zero-order valence-electron chi connectivity index (χ0n) is 11.4. The third kappa shape index (κ3) is 3.56. The van der Waals surface area contributed by atoms with Crippen LogP contribution < -0.4 is 5.32 Å². The molecule has 0 aromatic heterocycles. The Morgan fingerprint density at radius 1 is 1.10 bits per heavy atom. The molecule has 2 aromatic carbocycles. The lowest BCUT2D eigenvalue weighted by atomic mass is 9.95. The minimum absolute atomic E-state index is 0.0464. The van der Waals surface area contributed by atoms with E-state index < -0.39 is 11.6 Å². The Kier molecular flexibility index (Phi) is 4.73. The Bertz CT molecular complexity index is 593. The van der Waals surface area contributed by atoms with E-state index in [0.717, 1.165) is 17.2 Å². The zero-order valence-corrected chi connectivity index (χ0v) is 12.1. The van der Waals surface area contributed by atoms with Crippen molar-refractivity contribution in [2.75, 3.05) is 7.05 Å². The van der Waals surface area contributed by atoms with Crippen LogP contribution in [0.25, 0.3) is 0 Å². The number of hydrogen-bond acceptors (Lipinski definition) is 1. The van der Waals surface area contributed by atoms with E-state index in [9.17, 15) is 8.78 Å². The maximum atomic E-state index is 13.2. The van der Waals surface area contributed by atoms with Gasteiger partial charge in [-0.2, -0.15) is 0 Å². The van der Waals surface area contributed by atoms with E-state index in [1.165, 1.54) is 12.1 Å². The molecule has 20 heavy (non-hydrogen) atoms. The van der Waals surface area contributed by atoms with Crippen molar-refractivity contribution < 1.29 is 8.78 Å². The fourth-order valence-electron chi connectivity index (χ4n) is 2.32. The first-order valence-electron chi connectivity index (χ1n) is 6.38. The first kappa shape index (κ1) is 14.9. The SMILES string of the molecule is CNC(Cc1cc(F)cc(F)c1)c1cc(Cl)ccc1C. The highest BCUT2D eigenvalue weighted by Crippen LogP contribution is 2.25. The summed E-state index contributed by atoms with van der Waals surface area (Å²) < 4.78 is 26.5. The highest BCUT2D eigenvalue weighted by Gasteiger charge is 2.14. The molecule has 1 unspecified atom stereocenters. The molecule has 0 saturated carbocycles. The van der Waals surface area contributed by atoms with E-state index in [2.05, 4.69) is 5.32 Å². The number of aryl methyl sites for hydroxylation is 1. The average Bonchev–Trinajstić information content (AvgIpc) is 2.38. The Labute approximate surface area is 122 Å². The number of rotatable bonds is 4. The second kappa shape index (κ2) is 6.33. The Hall–Kier alpha value is -1.45. The van der Waals surface area contributed by atoms with E-state index in [4.69, 9.17) is 11.6 Å². The van der Waals surface area contributed by atoms with Gasteiger partial charge < -0.3 is 5.32 Å². The standard InChI is InChI=1S/C16H16ClF2N/c1-10-3-4-12(17)8-15(10)16(20-2)7-11-5-13(18)9-14(19)6-11/h3-6,8-9,16,20H,7H2,1-2H3. The first-order chi connectivity index (χ1) is 9.49. The van der Waals surface area contributed by atoms with Crippen LogP contribution in [0.3, 0.4) is 0 Å². The lowest BCUT2D eigenvalue weighted by molar-refractivity contribution is 0.561. The van der Waals surface area contributed by atoms with Crippen molar-refractivity contribution in [2.24, 2.45) is 0 Å². The molecule has 0 spiro atoms. The monoisotopic (exact) mass is 295 g/mol. The van der Waals surface area contributed by atoms with E-state index in [1.54, 1.807) is 0 Å². The largest absolute Gasteiger partial charge is 0.313 e. The van der Waals surface area contributed by atoms with Gasteiger partial charge in [0.1, 0.15) is 11.6 Å². The van der Waals surface area contributed by atoms with Crippen LogP contribution in [-0.2, 0) is 6.42 Å². The summed E-state index contributed by atoms with van der Waals surface area (Å²) in [5.41, 5.74) is 2.73. The van der Waals surface area contributed by atoms with Gasteiger partial charge in [-0.15, -0.1) is 0 Å². The third-order valence-corrected chi connectivity index (χ3v) is 3.56. The molecule has 1 atom stereocenters. The molecule has 0 radical (unpaired) electrons. The minimum atomic E-state index is -0.558. The van der Waals surface area contributed by atoms with Crippen LogP contribution >= 0.6 is 11.6 Å². The fourth-order valence-corrected chi connectivity index (χ4v) is 2.50. The van der Waals surface area contributed by atoms with Gasteiger partial charge in [0, 0.05) is 17.1 Å². The zero-order chi connectivity index (χ0) is 14.7. The van der Waals surface area contributed by atoms with Gasteiger partial charge in [-0.25, -0.2) is 8.78 Å². The molecule has 0 amide bonds. The summed E-state index contributed by atoms with van der Waals surface area (Å²) in [5.74, 6) is -1.12. The quantitative estimate of drug-likeness (QED) is 0.880. The maximum absolute atomic E-state index is 13.2. The third-order valence-electron chi connectivity index (χ3n) is 3.33. The lowest BCUT2D eigenvalue weighted by Gasteiger charge is -2.19. The molecule has 2 aromatic rings. The van der Waals surface area contributed by atoms with E-state index in [-0.39, 0.29) is 6.04 Å². The molecule has 0 fully saturated rings. The molecular weight excluding hydrogens is 280 g/mol. The number of likely N-dealkylation sites (N-methyl/N-ethyl adjacent to an activating group) is 1. The maximum Gasteiger partial charge on any atom is 0.126 e. The van der Waals surface area contributed by atoms with Gasteiger partial charge in [-0.3, -0.25) is 0 Å². The molecule has 0 saturated heterocycles. The van der Waals surface area contributed by atoms with Gasteiger partial charge in [-0.05, 0) is 61.3 Å². The summed E-state index contributed by atoms with van der Waals surface area (Å²) in [6.45, 7) is 1.99. The molecule has 106 valence electrons. The molecule has 2 rings (SSSR count).